The molecule has 42 heavy (non-hydrogen) atoms. The van der Waals surface area contributed by atoms with Crippen LogP contribution in [0, 0.1) is 0 Å². The lowest BCUT2D eigenvalue weighted by molar-refractivity contribution is 0.00721. The van der Waals surface area contributed by atoms with E-state index in [9.17, 15) is 9.59 Å². The summed E-state index contributed by atoms with van der Waals surface area (Å²) in [6.07, 6.45) is 9.14. The molecule has 1 saturated carbocycles. The molecule has 0 spiro atoms. The average molecular weight is 575 g/mol. The molecule has 222 valence electrons. The van der Waals surface area contributed by atoms with Crippen molar-refractivity contribution in [2.45, 2.75) is 64.1 Å². The number of aromatic nitrogens is 3. The predicted octanol–water partition coefficient (Wildman–Crippen LogP) is 5.47. The van der Waals surface area contributed by atoms with Gasteiger partial charge in [-0.15, -0.1) is 0 Å². The van der Waals surface area contributed by atoms with Crippen LogP contribution in [0.25, 0.3) is 22.0 Å². The molecule has 0 bridgehead atoms. The van der Waals surface area contributed by atoms with E-state index in [0.29, 0.717) is 53.3 Å². The molecule has 2 aliphatic rings. The van der Waals surface area contributed by atoms with Crippen molar-refractivity contribution < 1.29 is 23.5 Å². The lowest BCUT2D eigenvalue weighted by Crippen LogP contribution is -2.53. The summed E-state index contributed by atoms with van der Waals surface area (Å²) in [5.41, 5.74) is 2.35. The number of carbonyl (C=O) groups excluding carboxylic acids is 2. The molecule has 6 rings (SSSR count). The fourth-order valence-corrected chi connectivity index (χ4v) is 6.03. The van der Waals surface area contributed by atoms with Gasteiger partial charge in [0.05, 0.1) is 24.4 Å². The summed E-state index contributed by atoms with van der Waals surface area (Å²) in [5.74, 6) is 0.221. The monoisotopic (exact) mass is 574 g/mol. The Kier molecular flexibility index (Phi) is 7.53. The van der Waals surface area contributed by atoms with Crippen molar-refractivity contribution in [1.29, 1.82) is 0 Å². The number of methoxy groups -OCH3 is 1. The molecular formula is C31H38N6O5. The van der Waals surface area contributed by atoms with E-state index in [1.807, 2.05) is 37.8 Å². The van der Waals surface area contributed by atoms with Gasteiger partial charge < -0.3 is 24.1 Å². The number of pyridine rings is 1. The molecule has 4 heterocycles. The van der Waals surface area contributed by atoms with Crippen molar-refractivity contribution in [2.75, 3.05) is 38.6 Å². The first-order valence-corrected chi connectivity index (χ1v) is 14.6. The van der Waals surface area contributed by atoms with Crippen LogP contribution in [-0.4, -0.2) is 81.5 Å². The maximum absolute atomic E-state index is 13.1. The third kappa shape index (κ3) is 5.78. The standard InChI is InChI=1S/C31H38N6O5/c1-31(2,3)42-30(39)36-14-12-35(13-15-36)21-7-9-22(10-8-21)37-18-20-16-25(27(40-4)17-24(20)34-37)33-29(38)23-19-41-26-6-5-11-32-28(23)26/h5-6,11,16-19,21-22H,7-10,12-15H2,1-4H3,(H,33,38). The minimum Gasteiger partial charge on any atom is -0.494 e. The molecule has 4 aromatic rings. The highest BCUT2D eigenvalue weighted by molar-refractivity contribution is 6.12. The maximum Gasteiger partial charge on any atom is 0.410 e. The van der Waals surface area contributed by atoms with E-state index in [0.717, 1.165) is 49.7 Å². The second kappa shape index (κ2) is 11.3. The number of benzene rings is 1. The highest BCUT2D eigenvalue weighted by Gasteiger charge is 2.32. The summed E-state index contributed by atoms with van der Waals surface area (Å²) in [4.78, 5) is 34.2. The van der Waals surface area contributed by atoms with Crippen molar-refractivity contribution in [1.82, 2.24) is 24.6 Å². The summed E-state index contributed by atoms with van der Waals surface area (Å²) in [6, 6.07) is 8.14. The van der Waals surface area contributed by atoms with Crippen LogP contribution in [0.3, 0.4) is 0 Å². The van der Waals surface area contributed by atoms with Crippen LogP contribution in [-0.2, 0) is 4.74 Å². The van der Waals surface area contributed by atoms with Gasteiger partial charge in [-0.2, -0.15) is 5.10 Å². The van der Waals surface area contributed by atoms with Crippen LogP contribution in [0.15, 0.2) is 47.3 Å². The van der Waals surface area contributed by atoms with Crippen LogP contribution in [0.2, 0.25) is 0 Å². The second-order valence-electron chi connectivity index (χ2n) is 12.1. The zero-order valence-corrected chi connectivity index (χ0v) is 24.6. The van der Waals surface area contributed by atoms with E-state index in [4.69, 9.17) is 19.0 Å². The quantitative estimate of drug-likeness (QED) is 0.334. The molecule has 1 aromatic carbocycles. The third-order valence-electron chi connectivity index (χ3n) is 8.19. The summed E-state index contributed by atoms with van der Waals surface area (Å²) in [5, 5.41) is 8.77. The van der Waals surface area contributed by atoms with E-state index in [-0.39, 0.29) is 12.0 Å². The van der Waals surface area contributed by atoms with E-state index in [2.05, 4.69) is 26.1 Å². The molecule has 3 aromatic heterocycles. The average Bonchev–Trinajstić information content (AvgIpc) is 3.60. The minimum atomic E-state index is -0.474. The maximum atomic E-state index is 13.1. The lowest BCUT2D eigenvalue weighted by Gasteiger charge is -2.42. The Morgan fingerprint density at radius 1 is 1.05 bits per heavy atom. The Morgan fingerprint density at radius 2 is 1.79 bits per heavy atom. The molecule has 1 saturated heterocycles. The van der Waals surface area contributed by atoms with Crippen molar-refractivity contribution in [3.8, 4) is 5.75 Å². The van der Waals surface area contributed by atoms with Crippen molar-refractivity contribution in [2.24, 2.45) is 0 Å². The summed E-state index contributed by atoms with van der Waals surface area (Å²) in [7, 11) is 1.58. The Hall–Kier alpha value is -4.12. The molecule has 0 atom stereocenters. The first-order chi connectivity index (χ1) is 20.2. The molecule has 1 aliphatic heterocycles. The van der Waals surface area contributed by atoms with Gasteiger partial charge in [-0.3, -0.25) is 19.4 Å². The van der Waals surface area contributed by atoms with Crippen molar-refractivity contribution in [3.05, 3.63) is 48.5 Å². The zero-order valence-electron chi connectivity index (χ0n) is 24.6. The number of furan rings is 1. The largest absolute Gasteiger partial charge is 0.494 e. The van der Waals surface area contributed by atoms with Gasteiger partial charge in [-0.25, -0.2) is 4.79 Å². The van der Waals surface area contributed by atoms with Crippen LogP contribution < -0.4 is 10.1 Å². The van der Waals surface area contributed by atoms with Crippen LogP contribution in [0.5, 0.6) is 5.75 Å². The molecule has 1 aliphatic carbocycles. The number of fused-ring (bicyclic) bond motifs is 2. The van der Waals surface area contributed by atoms with E-state index < -0.39 is 5.60 Å². The van der Waals surface area contributed by atoms with Gasteiger partial charge in [0.1, 0.15) is 28.7 Å². The summed E-state index contributed by atoms with van der Waals surface area (Å²) in [6.45, 7) is 8.85. The number of anilines is 1. The van der Waals surface area contributed by atoms with Gasteiger partial charge in [0.25, 0.3) is 5.91 Å². The third-order valence-corrected chi connectivity index (χ3v) is 8.19. The normalized spacial score (nSPS) is 20.1. The number of amides is 2. The van der Waals surface area contributed by atoms with Crippen LogP contribution in [0.4, 0.5) is 10.5 Å². The van der Waals surface area contributed by atoms with Crippen molar-refractivity contribution in [3.63, 3.8) is 0 Å². The van der Waals surface area contributed by atoms with Gasteiger partial charge in [0.15, 0.2) is 5.58 Å². The SMILES string of the molecule is COc1cc2nn(C3CCC(N4CCN(C(=O)OC(C)(C)C)CC4)CC3)cc2cc1NC(=O)c1coc2cccnc12. The number of ether oxygens (including phenoxy) is 2. The Balaban J connectivity index is 1.08. The Bertz CT molecular complexity index is 1590. The summed E-state index contributed by atoms with van der Waals surface area (Å²) >= 11 is 0. The van der Waals surface area contributed by atoms with Crippen LogP contribution >= 0.6 is 0 Å². The fourth-order valence-electron chi connectivity index (χ4n) is 6.03. The van der Waals surface area contributed by atoms with E-state index in [1.165, 1.54) is 6.26 Å². The number of nitrogens with zero attached hydrogens (tertiary/aromatic N) is 5. The number of nitrogens with one attached hydrogen (secondary N) is 1. The fraction of sp³-hybridized carbons (Fsp3) is 0.484. The van der Waals surface area contributed by atoms with E-state index >= 15 is 0 Å². The van der Waals surface area contributed by atoms with Gasteiger partial charge in [0, 0.05) is 56.1 Å². The van der Waals surface area contributed by atoms with Gasteiger partial charge in [-0.1, -0.05) is 0 Å². The number of carbonyl (C=O) groups is 2. The molecule has 0 radical (unpaired) electrons. The van der Waals surface area contributed by atoms with Gasteiger partial charge in [-0.05, 0) is 64.7 Å². The summed E-state index contributed by atoms with van der Waals surface area (Å²) < 4.78 is 18.7. The topological polar surface area (TPSA) is 115 Å². The minimum absolute atomic E-state index is 0.219. The number of rotatable bonds is 5. The Morgan fingerprint density at radius 3 is 2.50 bits per heavy atom. The van der Waals surface area contributed by atoms with Gasteiger partial charge in [0.2, 0.25) is 0 Å². The highest BCUT2D eigenvalue weighted by atomic mass is 16.6. The predicted molar refractivity (Wildman–Crippen MR) is 159 cm³/mol. The zero-order chi connectivity index (χ0) is 29.4. The van der Waals surface area contributed by atoms with Gasteiger partial charge >= 0.3 is 6.09 Å². The molecular weight excluding hydrogens is 536 g/mol. The molecule has 11 heteroatoms. The molecule has 11 nitrogen and oxygen atoms in total. The van der Waals surface area contributed by atoms with Crippen molar-refractivity contribution >= 4 is 39.7 Å². The lowest BCUT2D eigenvalue weighted by atomic mass is 9.90. The van der Waals surface area contributed by atoms with E-state index in [1.54, 1.807) is 25.4 Å². The molecule has 1 N–H and O–H groups in total. The molecule has 0 unspecified atom stereocenters. The first kappa shape index (κ1) is 28.0. The Labute approximate surface area is 244 Å². The number of hydrogen-bond donors (Lipinski definition) is 1. The first-order valence-electron chi connectivity index (χ1n) is 14.6. The second-order valence-corrected chi connectivity index (χ2v) is 12.1. The van der Waals surface area contributed by atoms with Crippen LogP contribution in [0.1, 0.15) is 62.9 Å². The smallest absolute Gasteiger partial charge is 0.410 e. The molecule has 2 amide bonds. The highest BCUT2D eigenvalue weighted by Crippen LogP contribution is 2.35. The number of hydrogen-bond acceptors (Lipinski definition) is 8. The molecule has 2 fully saturated rings. The number of piperazine rings is 1.